The van der Waals surface area contributed by atoms with Gasteiger partial charge in [0.25, 0.3) is 0 Å². The molecule has 0 amide bonds. The van der Waals surface area contributed by atoms with Crippen LogP contribution in [0.25, 0.3) is 0 Å². The van der Waals surface area contributed by atoms with E-state index < -0.39 is 0 Å². The molecule has 0 spiro atoms. The molecule has 1 aliphatic rings. The van der Waals surface area contributed by atoms with Gasteiger partial charge < -0.3 is 9.88 Å². The zero-order valence-electron chi connectivity index (χ0n) is 9.03. The lowest BCUT2D eigenvalue weighted by molar-refractivity contribution is 0.751. The Morgan fingerprint density at radius 1 is 1.41 bits per heavy atom. The van der Waals surface area contributed by atoms with E-state index in [0.717, 1.165) is 16.1 Å². The third kappa shape index (κ3) is 2.33. The minimum absolute atomic E-state index is 0.621. The number of anilines is 2. The van der Waals surface area contributed by atoms with Crippen molar-refractivity contribution in [3.8, 4) is 0 Å². The molecule has 1 aliphatic carbocycles. The molecule has 1 heterocycles. The molecule has 3 rings (SSSR count). The van der Waals surface area contributed by atoms with Gasteiger partial charge in [0.1, 0.15) is 0 Å². The number of rotatable bonds is 3. The predicted molar refractivity (Wildman–Crippen MR) is 72.9 cm³/mol. The number of aromatic nitrogens is 2. The van der Waals surface area contributed by atoms with E-state index in [1.807, 2.05) is 30.6 Å². The highest BCUT2D eigenvalue weighted by molar-refractivity contribution is 9.10. The molecule has 1 aromatic heterocycles. The van der Waals surface area contributed by atoms with Gasteiger partial charge in [-0.2, -0.15) is 0 Å². The van der Waals surface area contributed by atoms with Crippen molar-refractivity contribution in [3.05, 3.63) is 40.1 Å². The molecular weight excluding hydrogens is 302 g/mol. The van der Waals surface area contributed by atoms with Crippen LogP contribution in [0, 0.1) is 0 Å². The van der Waals surface area contributed by atoms with Crippen LogP contribution in [0.15, 0.2) is 35.1 Å². The second-order valence-corrected chi connectivity index (χ2v) is 5.40. The van der Waals surface area contributed by atoms with Crippen LogP contribution in [0.3, 0.4) is 0 Å². The Hall–Kier alpha value is -1.00. The molecule has 0 bridgehead atoms. The van der Waals surface area contributed by atoms with E-state index in [9.17, 15) is 0 Å². The predicted octanol–water partition coefficient (Wildman–Crippen LogP) is 4.38. The summed E-state index contributed by atoms with van der Waals surface area (Å²) in [4.78, 5) is 4.33. The monoisotopic (exact) mass is 311 g/mol. The lowest BCUT2D eigenvalue weighted by Crippen LogP contribution is -2.01. The smallest absolute Gasteiger partial charge is 0.207 e. The third-order valence-electron chi connectivity index (χ3n) is 2.78. The standard InChI is InChI=1S/C12H11BrClN3/c13-10-7-8(1-4-11(10)14)16-12-15-5-6-17(12)9-2-3-9/h1,4-7,9H,2-3H2,(H,15,16). The highest BCUT2D eigenvalue weighted by Crippen LogP contribution is 2.37. The Balaban J connectivity index is 1.85. The second kappa shape index (κ2) is 4.35. The fraction of sp³-hybridized carbons (Fsp3) is 0.250. The summed E-state index contributed by atoms with van der Waals surface area (Å²) in [5.74, 6) is 0.890. The molecule has 0 radical (unpaired) electrons. The maximum atomic E-state index is 5.96. The Morgan fingerprint density at radius 3 is 2.94 bits per heavy atom. The fourth-order valence-electron chi connectivity index (χ4n) is 1.76. The molecule has 3 nitrogen and oxygen atoms in total. The molecular formula is C12H11BrClN3. The quantitative estimate of drug-likeness (QED) is 0.911. The van der Waals surface area contributed by atoms with Gasteiger partial charge in [-0.25, -0.2) is 4.98 Å². The third-order valence-corrected chi connectivity index (χ3v) is 4.00. The van der Waals surface area contributed by atoms with Crippen molar-refractivity contribution in [2.45, 2.75) is 18.9 Å². The van der Waals surface area contributed by atoms with Gasteiger partial charge in [-0.3, -0.25) is 0 Å². The molecule has 5 heteroatoms. The molecule has 0 saturated heterocycles. The van der Waals surface area contributed by atoms with Gasteiger partial charge in [-0.05, 0) is 47.0 Å². The molecule has 1 aromatic carbocycles. The Morgan fingerprint density at radius 2 is 2.24 bits per heavy atom. The van der Waals surface area contributed by atoms with Gasteiger partial charge >= 0.3 is 0 Å². The fourth-order valence-corrected chi connectivity index (χ4v) is 2.26. The van der Waals surface area contributed by atoms with Crippen LogP contribution < -0.4 is 5.32 Å². The van der Waals surface area contributed by atoms with Gasteiger partial charge in [-0.15, -0.1) is 0 Å². The Labute approximate surface area is 113 Å². The lowest BCUT2D eigenvalue weighted by atomic mass is 10.3. The largest absolute Gasteiger partial charge is 0.326 e. The van der Waals surface area contributed by atoms with Crippen LogP contribution in [0.5, 0.6) is 0 Å². The van der Waals surface area contributed by atoms with Crippen LogP contribution >= 0.6 is 27.5 Å². The molecule has 1 saturated carbocycles. The summed E-state index contributed by atoms with van der Waals surface area (Å²) >= 11 is 9.37. The Bertz CT molecular complexity index is 548. The summed E-state index contributed by atoms with van der Waals surface area (Å²) in [5, 5.41) is 4.01. The van der Waals surface area contributed by atoms with E-state index in [1.165, 1.54) is 12.8 Å². The number of nitrogens with zero attached hydrogens (tertiary/aromatic N) is 2. The molecule has 0 atom stereocenters. The first-order valence-electron chi connectivity index (χ1n) is 5.49. The number of nitrogens with one attached hydrogen (secondary N) is 1. The van der Waals surface area contributed by atoms with E-state index in [2.05, 4.69) is 30.8 Å². The molecule has 88 valence electrons. The number of halogens is 2. The summed E-state index contributed by atoms with van der Waals surface area (Å²) in [7, 11) is 0. The summed E-state index contributed by atoms with van der Waals surface area (Å²) in [6, 6.07) is 6.38. The zero-order valence-corrected chi connectivity index (χ0v) is 11.4. The van der Waals surface area contributed by atoms with Crippen LogP contribution in [0.2, 0.25) is 5.02 Å². The van der Waals surface area contributed by atoms with Crippen molar-refractivity contribution in [2.24, 2.45) is 0 Å². The van der Waals surface area contributed by atoms with Gasteiger partial charge in [0.2, 0.25) is 5.95 Å². The highest BCUT2D eigenvalue weighted by Gasteiger charge is 2.25. The summed E-state index contributed by atoms with van der Waals surface area (Å²) in [6.07, 6.45) is 6.33. The van der Waals surface area contributed by atoms with Crippen molar-refractivity contribution in [1.29, 1.82) is 0 Å². The van der Waals surface area contributed by atoms with Crippen molar-refractivity contribution in [1.82, 2.24) is 9.55 Å². The van der Waals surface area contributed by atoms with Crippen LogP contribution in [0.1, 0.15) is 18.9 Å². The van der Waals surface area contributed by atoms with Crippen LogP contribution in [-0.2, 0) is 0 Å². The SMILES string of the molecule is Clc1ccc(Nc2nccn2C2CC2)cc1Br. The maximum Gasteiger partial charge on any atom is 0.207 e. The minimum atomic E-state index is 0.621. The topological polar surface area (TPSA) is 29.9 Å². The number of hydrogen-bond donors (Lipinski definition) is 1. The number of imidazole rings is 1. The van der Waals surface area contributed by atoms with Gasteiger partial charge in [0.15, 0.2) is 0 Å². The maximum absolute atomic E-state index is 5.96. The molecule has 0 unspecified atom stereocenters. The molecule has 0 aliphatic heterocycles. The molecule has 1 fully saturated rings. The molecule has 17 heavy (non-hydrogen) atoms. The first-order chi connectivity index (χ1) is 8.24. The van der Waals surface area contributed by atoms with E-state index in [-0.39, 0.29) is 0 Å². The average molecular weight is 313 g/mol. The summed E-state index contributed by atoms with van der Waals surface area (Å²) in [6.45, 7) is 0. The zero-order chi connectivity index (χ0) is 11.8. The average Bonchev–Trinajstić information content (AvgIpc) is 3.05. The van der Waals surface area contributed by atoms with Crippen molar-refractivity contribution in [2.75, 3.05) is 5.32 Å². The first-order valence-corrected chi connectivity index (χ1v) is 6.66. The van der Waals surface area contributed by atoms with Gasteiger partial charge in [0, 0.05) is 28.6 Å². The van der Waals surface area contributed by atoms with E-state index >= 15 is 0 Å². The van der Waals surface area contributed by atoms with E-state index in [1.54, 1.807) is 0 Å². The normalized spacial score (nSPS) is 14.9. The van der Waals surface area contributed by atoms with E-state index in [0.29, 0.717) is 11.1 Å². The Kier molecular flexibility index (Phi) is 2.84. The van der Waals surface area contributed by atoms with Crippen molar-refractivity contribution >= 4 is 39.2 Å². The summed E-state index contributed by atoms with van der Waals surface area (Å²) < 4.78 is 3.07. The highest BCUT2D eigenvalue weighted by atomic mass is 79.9. The van der Waals surface area contributed by atoms with Crippen LogP contribution in [-0.4, -0.2) is 9.55 Å². The molecule has 2 aromatic rings. The van der Waals surface area contributed by atoms with E-state index in [4.69, 9.17) is 11.6 Å². The van der Waals surface area contributed by atoms with Gasteiger partial charge in [0.05, 0.1) is 5.02 Å². The first kappa shape index (κ1) is 11.1. The van der Waals surface area contributed by atoms with Crippen LogP contribution in [0.4, 0.5) is 11.6 Å². The van der Waals surface area contributed by atoms with Crippen molar-refractivity contribution in [3.63, 3.8) is 0 Å². The summed E-state index contributed by atoms with van der Waals surface area (Å²) in [5.41, 5.74) is 0.981. The molecule has 1 N–H and O–H groups in total. The number of hydrogen-bond acceptors (Lipinski definition) is 2. The van der Waals surface area contributed by atoms with Crippen molar-refractivity contribution < 1.29 is 0 Å². The lowest BCUT2D eigenvalue weighted by Gasteiger charge is -2.09. The number of benzene rings is 1. The minimum Gasteiger partial charge on any atom is -0.326 e. The van der Waals surface area contributed by atoms with Gasteiger partial charge in [-0.1, -0.05) is 11.6 Å². The second-order valence-electron chi connectivity index (χ2n) is 4.14.